The van der Waals surface area contributed by atoms with Crippen molar-refractivity contribution >= 4 is 5.97 Å². The van der Waals surface area contributed by atoms with E-state index in [1.807, 2.05) is 0 Å². The van der Waals surface area contributed by atoms with Crippen molar-refractivity contribution in [3.63, 3.8) is 0 Å². The van der Waals surface area contributed by atoms with Crippen molar-refractivity contribution < 1.29 is 19.4 Å². The van der Waals surface area contributed by atoms with Crippen LogP contribution in [0.3, 0.4) is 0 Å². The Kier molecular flexibility index (Phi) is 5.59. The second kappa shape index (κ2) is 6.98. The van der Waals surface area contributed by atoms with Crippen molar-refractivity contribution in [3.05, 3.63) is 35.6 Å². The second-order valence-electron chi connectivity index (χ2n) is 3.84. The molecule has 94 valence electrons. The Morgan fingerprint density at radius 3 is 2.59 bits per heavy atom. The van der Waals surface area contributed by atoms with Gasteiger partial charge in [0.2, 0.25) is 0 Å². The zero-order valence-electron chi connectivity index (χ0n) is 9.40. The lowest BCUT2D eigenvalue weighted by Crippen LogP contribution is -2.26. The van der Waals surface area contributed by atoms with Gasteiger partial charge in [-0.1, -0.05) is 12.1 Å². The molecular formula is C12H16FNO3. The van der Waals surface area contributed by atoms with Gasteiger partial charge in [0.05, 0.1) is 6.10 Å². The largest absolute Gasteiger partial charge is 0.481 e. The predicted octanol–water partition coefficient (Wildman–Crippen LogP) is 1.14. The summed E-state index contributed by atoms with van der Waals surface area (Å²) in [7, 11) is 0. The molecule has 0 heterocycles. The molecule has 1 aromatic rings. The van der Waals surface area contributed by atoms with Crippen LogP contribution in [0.2, 0.25) is 0 Å². The minimum Gasteiger partial charge on any atom is -0.481 e. The Balaban J connectivity index is 2.18. The lowest BCUT2D eigenvalue weighted by molar-refractivity contribution is -0.137. The third-order valence-corrected chi connectivity index (χ3v) is 2.31. The molecule has 17 heavy (non-hydrogen) atoms. The molecule has 0 aliphatic carbocycles. The average molecular weight is 241 g/mol. The van der Waals surface area contributed by atoms with Gasteiger partial charge in [0, 0.05) is 19.5 Å². The van der Waals surface area contributed by atoms with E-state index in [2.05, 4.69) is 5.32 Å². The van der Waals surface area contributed by atoms with E-state index in [1.54, 1.807) is 12.1 Å². The molecule has 5 heteroatoms. The molecule has 0 spiro atoms. The van der Waals surface area contributed by atoms with Crippen LogP contribution in [0.5, 0.6) is 0 Å². The first-order chi connectivity index (χ1) is 8.08. The maximum Gasteiger partial charge on any atom is 0.303 e. The van der Waals surface area contributed by atoms with Crippen LogP contribution in [0, 0.1) is 5.82 Å². The molecule has 0 fully saturated rings. The van der Waals surface area contributed by atoms with Gasteiger partial charge in [-0.2, -0.15) is 0 Å². The molecule has 0 bridgehead atoms. The molecule has 0 amide bonds. The summed E-state index contributed by atoms with van der Waals surface area (Å²) in [5.74, 6) is -1.20. The third-order valence-electron chi connectivity index (χ3n) is 2.31. The number of rotatable bonds is 7. The fourth-order valence-corrected chi connectivity index (χ4v) is 1.38. The van der Waals surface area contributed by atoms with Crippen LogP contribution in [0.25, 0.3) is 0 Å². The van der Waals surface area contributed by atoms with Crippen LogP contribution in [0.4, 0.5) is 4.39 Å². The average Bonchev–Trinajstić information content (AvgIpc) is 2.29. The molecule has 0 saturated heterocycles. The van der Waals surface area contributed by atoms with Crippen molar-refractivity contribution in [1.29, 1.82) is 0 Å². The first kappa shape index (κ1) is 13.6. The van der Waals surface area contributed by atoms with E-state index in [-0.39, 0.29) is 18.7 Å². The molecular weight excluding hydrogens is 225 g/mol. The highest BCUT2D eigenvalue weighted by Crippen LogP contribution is 2.02. The smallest absolute Gasteiger partial charge is 0.303 e. The van der Waals surface area contributed by atoms with Gasteiger partial charge in [-0.15, -0.1) is 0 Å². The van der Waals surface area contributed by atoms with Gasteiger partial charge in [-0.05, 0) is 24.1 Å². The number of halogens is 1. The summed E-state index contributed by atoms with van der Waals surface area (Å²) in [6, 6.07) is 6.06. The third kappa shape index (κ3) is 5.99. The molecule has 1 unspecified atom stereocenters. The van der Waals surface area contributed by atoms with Gasteiger partial charge < -0.3 is 15.5 Å². The van der Waals surface area contributed by atoms with Gasteiger partial charge in [-0.3, -0.25) is 4.79 Å². The fraction of sp³-hybridized carbons (Fsp3) is 0.417. The van der Waals surface area contributed by atoms with Gasteiger partial charge in [0.15, 0.2) is 0 Å². The molecule has 1 rings (SSSR count). The highest BCUT2D eigenvalue weighted by molar-refractivity contribution is 5.66. The Labute approximate surface area is 99.1 Å². The van der Waals surface area contributed by atoms with E-state index in [4.69, 9.17) is 5.11 Å². The number of benzene rings is 1. The Morgan fingerprint density at radius 2 is 2.00 bits per heavy atom. The summed E-state index contributed by atoms with van der Waals surface area (Å²) in [4.78, 5) is 10.3. The summed E-state index contributed by atoms with van der Waals surface area (Å²) in [6.07, 6.45) is -0.489. The minimum atomic E-state index is -0.914. The molecule has 0 radical (unpaired) electrons. The van der Waals surface area contributed by atoms with E-state index in [9.17, 15) is 14.3 Å². The van der Waals surface area contributed by atoms with Crippen molar-refractivity contribution in [2.75, 3.05) is 6.54 Å². The number of hydrogen-bond acceptors (Lipinski definition) is 3. The Morgan fingerprint density at radius 1 is 1.35 bits per heavy atom. The summed E-state index contributed by atoms with van der Waals surface area (Å²) in [6.45, 7) is 0.842. The minimum absolute atomic E-state index is 0.0423. The first-order valence-corrected chi connectivity index (χ1v) is 5.43. The highest BCUT2D eigenvalue weighted by Gasteiger charge is 2.06. The van der Waals surface area contributed by atoms with Crippen molar-refractivity contribution in [1.82, 2.24) is 5.32 Å². The lowest BCUT2D eigenvalue weighted by Gasteiger charge is -2.10. The lowest BCUT2D eigenvalue weighted by atomic mass is 10.2. The normalized spacial score (nSPS) is 12.4. The zero-order valence-corrected chi connectivity index (χ0v) is 9.40. The number of hydrogen-bond donors (Lipinski definition) is 3. The number of nitrogens with one attached hydrogen (secondary N) is 1. The van der Waals surface area contributed by atoms with Crippen LogP contribution in [-0.4, -0.2) is 28.8 Å². The van der Waals surface area contributed by atoms with E-state index >= 15 is 0 Å². The van der Waals surface area contributed by atoms with Crippen molar-refractivity contribution in [2.45, 2.75) is 25.5 Å². The highest BCUT2D eigenvalue weighted by atomic mass is 19.1. The number of aliphatic hydroxyl groups is 1. The SMILES string of the molecule is O=C(O)CCC(O)CNCc1ccc(F)cc1. The van der Waals surface area contributed by atoms with Gasteiger partial charge in [0.1, 0.15) is 5.82 Å². The molecule has 1 atom stereocenters. The topological polar surface area (TPSA) is 69.6 Å². The Hall–Kier alpha value is -1.46. The fourth-order valence-electron chi connectivity index (χ4n) is 1.38. The molecule has 0 aromatic heterocycles. The van der Waals surface area contributed by atoms with E-state index in [0.29, 0.717) is 13.1 Å². The molecule has 0 aliphatic rings. The van der Waals surface area contributed by atoms with Gasteiger partial charge >= 0.3 is 5.97 Å². The van der Waals surface area contributed by atoms with E-state index < -0.39 is 12.1 Å². The second-order valence-corrected chi connectivity index (χ2v) is 3.84. The number of aliphatic carboxylic acids is 1. The predicted molar refractivity (Wildman–Crippen MR) is 61.0 cm³/mol. The summed E-state index contributed by atoms with van der Waals surface area (Å²) < 4.78 is 12.6. The van der Waals surface area contributed by atoms with Crippen LogP contribution >= 0.6 is 0 Å². The standard InChI is InChI=1S/C12H16FNO3/c13-10-3-1-9(2-4-10)7-14-8-11(15)5-6-12(16)17/h1-4,11,14-15H,5-8H2,(H,16,17). The summed E-state index contributed by atoms with van der Waals surface area (Å²) in [5.41, 5.74) is 0.914. The maximum absolute atomic E-state index is 12.6. The Bertz CT molecular complexity index is 353. The molecule has 0 aliphatic heterocycles. The molecule has 1 aromatic carbocycles. The van der Waals surface area contributed by atoms with Crippen molar-refractivity contribution in [3.8, 4) is 0 Å². The van der Waals surface area contributed by atoms with Crippen LogP contribution in [-0.2, 0) is 11.3 Å². The van der Waals surface area contributed by atoms with Crippen LogP contribution in [0.15, 0.2) is 24.3 Å². The van der Waals surface area contributed by atoms with Crippen molar-refractivity contribution in [2.24, 2.45) is 0 Å². The number of carboxylic acid groups (broad SMARTS) is 1. The first-order valence-electron chi connectivity index (χ1n) is 5.43. The van der Waals surface area contributed by atoms with Crippen LogP contribution < -0.4 is 5.32 Å². The molecule has 4 nitrogen and oxygen atoms in total. The van der Waals surface area contributed by atoms with E-state index in [0.717, 1.165) is 5.56 Å². The van der Waals surface area contributed by atoms with Crippen LogP contribution in [0.1, 0.15) is 18.4 Å². The maximum atomic E-state index is 12.6. The molecule has 3 N–H and O–H groups in total. The van der Waals surface area contributed by atoms with Gasteiger partial charge in [-0.25, -0.2) is 4.39 Å². The van der Waals surface area contributed by atoms with Gasteiger partial charge in [0.25, 0.3) is 0 Å². The number of aliphatic hydroxyl groups excluding tert-OH is 1. The molecule has 0 saturated carbocycles. The van der Waals surface area contributed by atoms with E-state index in [1.165, 1.54) is 12.1 Å². The quantitative estimate of drug-likeness (QED) is 0.669. The number of carbonyl (C=O) groups is 1. The number of carboxylic acids is 1. The monoisotopic (exact) mass is 241 g/mol. The summed E-state index contributed by atoms with van der Waals surface area (Å²) in [5, 5.41) is 20.8. The summed E-state index contributed by atoms with van der Waals surface area (Å²) >= 11 is 0. The zero-order chi connectivity index (χ0) is 12.7.